The van der Waals surface area contributed by atoms with Gasteiger partial charge in [0.15, 0.2) is 11.6 Å². The molecule has 1 aliphatic rings. The van der Waals surface area contributed by atoms with Gasteiger partial charge in [-0.25, -0.2) is 8.78 Å². The molecule has 0 spiro atoms. The fourth-order valence-corrected chi connectivity index (χ4v) is 2.14. The van der Waals surface area contributed by atoms with Crippen molar-refractivity contribution in [2.75, 3.05) is 31.9 Å². The van der Waals surface area contributed by atoms with Gasteiger partial charge in [0.25, 0.3) is 5.91 Å². The molecule has 1 aliphatic heterocycles. The Kier molecular flexibility index (Phi) is 3.87. The van der Waals surface area contributed by atoms with Crippen LogP contribution in [-0.2, 0) is 4.79 Å². The largest absolute Gasteiger partial charge is 0.398 e. The van der Waals surface area contributed by atoms with Gasteiger partial charge in [-0.15, -0.1) is 0 Å². The number of rotatable bonds is 1. The number of benzene rings is 1. The topological polar surface area (TPSA) is 66.6 Å². The molecule has 1 fully saturated rings. The Hall–Kier alpha value is -2.18. The molecule has 0 atom stereocenters. The maximum absolute atomic E-state index is 13.2. The van der Waals surface area contributed by atoms with Gasteiger partial charge in [-0.3, -0.25) is 9.59 Å². The highest BCUT2D eigenvalue weighted by Gasteiger charge is 2.25. The molecule has 20 heavy (non-hydrogen) atoms. The van der Waals surface area contributed by atoms with Crippen molar-refractivity contribution in [3.05, 3.63) is 29.3 Å². The second-order valence-electron chi connectivity index (χ2n) is 4.65. The molecular weight excluding hydrogens is 268 g/mol. The highest BCUT2D eigenvalue weighted by Crippen LogP contribution is 2.19. The van der Waals surface area contributed by atoms with E-state index in [1.807, 2.05) is 0 Å². The number of anilines is 1. The smallest absolute Gasteiger partial charge is 0.256 e. The van der Waals surface area contributed by atoms with Gasteiger partial charge >= 0.3 is 0 Å². The number of nitrogens with two attached hydrogens (primary N) is 1. The van der Waals surface area contributed by atoms with Crippen LogP contribution in [0.2, 0.25) is 0 Å². The van der Waals surface area contributed by atoms with E-state index in [9.17, 15) is 18.4 Å². The van der Waals surface area contributed by atoms with Crippen LogP contribution in [0, 0.1) is 11.6 Å². The number of piperazine rings is 1. The van der Waals surface area contributed by atoms with E-state index >= 15 is 0 Å². The summed E-state index contributed by atoms with van der Waals surface area (Å²) in [6.45, 7) is 2.99. The van der Waals surface area contributed by atoms with Crippen LogP contribution < -0.4 is 5.73 Å². The molecule has 108 valence electrons. The lowest BCUT2D eigenvalue weighted by Crippen LogP contribution is -2.50. The van der Waals surface area contributed by atoms with Crippen LogP contribution in [0.5, 0.6) is 0 Å². The van der Waals surface area contributed by atoms with Crippen LogP contribution in [0.25, 0.3) is 0 Å². The third kappa shape index (κ3) is 2.71. The average Bonchev–Trinajstić information content (AvgIpc) is 2.42. The second kappa shape index (κ2) is 5.44. The first-order valence-electron chi connectivity index (χ1n) is 6.19. The lowest BCUT2D eigenvalue weighted by Gasteiger charge is -2.34. The molecule has 1 heterocycles. The van der Waals surface area contributed by atoms with Gasteiger partial charge in [0.2, 0.25) is 5.91 Å². The quantitative estimate of drug-likeness (QED) is 0.777. The maximum Gasteiger partial charge on any atom is 0.256 e. The van der Waals surface area contributed by atoms with E-state index in [1.54, 1.807) is 4.90 Å². The minimum atomic E-state index is -1.11. The van der Waals surface area contributed by atoms with Gasteiger partial charge in [0.1, 0.15) is 0 Å². The van der Waals surface area contributed by atoms with Crippen molar-refractivity contribution < 1.29 is 18.4 Å². The predicted molar refractivity (Wildman–Crippen MR) is 68.9 cm³/mol. The first-order valence-corrected chi connectivity index (χ1v) is 6.19. The highest BCUT2D eigenvalue weighted by atomic mass is 19.2. The van der Waals surface area contributed by atoms with E-state index in [0.717, 1.165) is 12.1 Å². The number of carbonyl (C=O) groups is 2. The zero-order valence-corrected chi connectivity index (χ0v) is 11.0. The SMILES string of the molecule is CC(=O)N1CCN(C(=O)c2cc(F)c(F)cc2N)CC1. The average molecular weight is 283 g/mol. The predicted octanol–water partition coefficient (Wildman–Crippen LogP) is 0.851. The van der Waals surface area contributed by atoms with Crippen molar-refractivity contribution in [1.82, 2.24) is 9.80 Å². The normalized spacial score (nSPS) is 15.3. The zero-order valence-electron chi connectivity index (χ0n) is 11.0. The van der Waals surface area contributed by atoms with E-state index in [2.05, 4.69) is 0 Å². The van der Waals surface area contributed by atoms with Crippen molar-refractivity contribution in [3.8, 4) is 0 Å². The van der Waals surface area contributed by atoms with Crippen molar-refractivity contribution in [3.63, 3.8) is 0 Å². The molecule has 7 heteroatoms. The molecule has 2 N–H and O–H groups in total. The van der Waals surface area contributed by atoms with Crippen LogP contribution in [0.15, 0.2) is 12.1 Å². The summed E-state index contributed by atoms with van der Waals surface area (Å²) in [5.74, 6) is -2.69. The minimum Gasteiger partial charge on any atom is -0.398 e. The lowest BCUT2D eigenvalue weighted by molar-refractivity contribution is -0.130. The summed E-state index contributed by atoms with van der Waals surface area (Å²) in [5, 5.41) is 0. The number of hydrogen-bond donors (Lipinski definition) is 1. The third-order valence-electron chi connectivity index (χ3n) is 3.34. The molecule has 1 aromatic rings. The molecule has 2 amide bonds. The fourth-order valence-electron chi connectivity index (χ4n) is 2.14. The Morgan fingerprint density at radius 2 is 1.55 bits per heavy atom. The first kappa shape index (κ1) is 14.2. The monoisotopic (exact) mass is 283 g/mol. The van der Waals surface area contributed by atoms with Crippen molar-refractivity contribution in [2.24, 2.45) is 0 Å². The summed E-state index contributed by atoms with van der Waals surface area (Å²) >= 11 is 0. The summed E-state index contributed by atoms with van der Waals surface area (Å²) in [6.07, 6.45) is 0. The van der Waals surface area contributed by atoms with Gasteiger partial charge in [0.05, 0.1) is 5.56 Å². The number of nitrogens with zero attached hydrogens (tertiary/aromatic N) is 2. The standard InChI is InChI=1S/C13H15F2N3O2/c1-8(19)17-2-4-18(5-3-17)13(20)9-6-10(14)11(15)7-12(9)16/h6-7H,2-5,16H2,1H3. The summed E-state index contributed by atoms with van der Waals surface area (Å²) in [4.78, 5) is 26.5. The summed E-state index contributed by atoms with van der Waals surface area (Å²) in [6, 6.07) is 1.61. The molecule has 1 aromatic carbocycles. The van der Waals surface area contributed by atoms with E-state index in [1.165, 1.54) is 11.8 Å². The number of halogens is 2. The molecule has 0 aromatic heterocycles. The van der Waals surface area contributed by atoms with Crippen molar-refractivity contribution in [1.29, 1.82) is 0 Å². The van der Waals surface area contributed by atoms with E-state index in [4.69, 9.17) is 5.73 Å². The van der Waals surface area contributed by atoms with Gasteiger partial charge in [-0.05, 0) is 6.07 Å². The molecule has 1 saturated heterocycles. The van der Waals surface area contributed by atoms with Crippen LogP contribution in [0.3, 0.4) is 0 Å². The molecule has 0 saturated carbocycles. The Bertz CT molecular complexity index is 555. The maximum atomic E-state index is 13.2. The first-order chi connectivity index (χ1) is 9.40. The van der Waals surface area contributed by atoms with Gasteiger partial charge in [-0.2, -0.15) is 0 Å². The Labute approximate surface area is 114 Å². The van der Waals surface area contributed by atoms with Gasteiger partial charge in [-0.1, -0.05) is 0 Å². The van der Waals surface area contributed by atoms with Crippen molar-refractivity contribution in [2.45, 2.75) is 6.92 Å². The third-order valence-corrected chi connectivity index (χ3v) is 3.34. The molecule has 2 rings (SSSR count). The number of hydrogen-bond acceptors (Lipinski definition) is 3. The highest BCUT2D eigenvalue weighted by molar-refractivity contribution is 5.99. The van der Waals surface area contributed by atoms with Gasteiger partial charge < -0.3 is 15.5 Å². The number of nitrogen functional groups attached to an aromatic ring is 1. The molecular formula is C13H15F2N3O2. The fraction of sp³-hybridized carbons (Fsp3) is 0.385. The van der Waals surface area contributed by atoms with E-state index in [0.29, 0.717) is 26.2 Å². The van der Waals surface area contributed by atoms with E-state index < -0.39 is 17.5 Å². The van der Waals surface area contributed by atoms with Crippen LogP contribution in [-0.4, -0.2) is 47.8 Å². The number of amides is 2. The Balaban J connectivity index is 2.13. The molecule has 0 aliphatic carbocycles. The summed E-state index contributed by atoms with van der Waals surface area (Å²) in [5.41, 5.74) is 5.40. The Morgan fingerprint density at radius 3 is 2.10 bits per heavy atom. The second-order valence-corrected chi connectivity index (χ2v) is 4.65. The molecule has 0 unspecified atom stereocenters. The molecule has 0 radical (unpaired) electrons. The molecule has 0 bridgehead atoms. The minimum absolute atomic E-state index is 0.0514. The van der Waals surface area contributed by atoms with Crippen LogP contribution >= 0.6 is 0 Å². The van der Waals surface area contributed by atoms with Crippen molar-refractivity contribution >= 4 is 17.5 Å². The van der Waals surface area contributed by atoms with Crippen LogP contribution in [0.1, 0.15) is 17.3 Å². The van der Waals surface area contributed by atoms with E-state index in [-0.39, 0.29) is 17.2 Å². The van der Waals surface area contributed by atoms with Gasteiger partial charge in [0, 0.05) is 44.9 Å². The lowest BCUT2D eigenvalue weighted by atomic mass is 10.1. The zero-order chi connectivity index (χ0) is 14.9. The van der Waals surface area contributed by atoms with Crippen LogP contribution in [0.4, 0.5) is 14.5 Å². The Morgan fingerprint density at radius 1 is 1.05 bits per heavy atom. The number of carbonyl (C=O) groups excluding carboxylic acids is 2. The summed E-state index contributed by atoms with van der Waals surface area (Å²) in [7, 11) is 0. The molecule has 5 nitrogen and oxygen atoms in total. The summed E-state index contributed by atoms with van der Waals surface area (Å²) < 4.78 is 26.2.